The van der Waals surface area contributed by atoms with Gasteiger partial charge in [-0.25, -0.2) is 14.2 Å². The Labute approximate surface area is 185 Å². The van der Waals surface area contributed by atoms with Crippen LogP contribution < -0.4 is 0 Å². The molecule has 2 N–H and O–H groups in total. The average molecular weight is 432 g/mol. The molecule has 5 rings (SSSR count). The number of H-pyrrole nitrogens is 1. The van der Waals surface area contributed by atoms with Crippen LogP contribution in [-0.2, 0) is 0 Å². The number of aromatic nitrogens is 3. The summed E-state index contributed by atoms with van der Waals surface area (Å²) in [5.41, 5.74) is 4.81. The largest absolute Gasteiger partial charge is 0.478 e. The van der Waals surface area contributed by atoms with Gasteiger partial charge < -0.3 is 10.1 Å². The molecule has 0 amide bonds. The van der Waals surface area contributed by atoms with Gasteiger partial charge in [-0.3, -0.25) is 4.98 Å². The minimum absolute atomic E-state index is 0.222. The zero-order valence-electron chi connectivity index (χ0n) is 18.2. The van der Waals surface area contributed by atoms with Gasteiger partial charge >= 0.3 is 5.97 Å². The molecule has 5 nitrogen and oxygen atoms in total. The molecule has 2 aromatic carbocycles. The third-order valence-corrected chi connectivity index (χ3v) is 7.13. The Kier molecular flexibility index (Phi) is 5.16. The smallest absolute Gasteiger partial charge is 0.335 e. The number of nitrogens with one attached hydrogen (secondary N) is 1. The van der Waals surface area contributed by atoms with Crippen LogP contribution in [0.3, 0.4) is 0 Å². The van der Waals surface area contributed by atoms with Gasteiger partial charge in [0.05, 0.1) is 22.1 Å². The lowest BCUT2D eigenvalue weighted by Crippen LogP contribution is -2.19. The van der Waals surface area contributed by atoms with Gasteiger partial charge in [0.2, 0.25) is 0 Å². The van der Waals surface area contributed by atoms with E-state index < -0.39 is 5.97 Å². The minimum atomic E-state index is -0.930. The normalized spacial score (nSPS) is 20.0. The van der Waals surface area contributed by atoms with Crippen LogP contribution in [-0.4, -0.2) is 26.0 Å². The van der Waals surface area contributed by atoms with E-state index in [-0.39, 0.29) is 17.3 Å². The first-order valence-electron chi connectivity index (χ1n) is 11.2. The Morgan fingerprint density at radius 3 is 2.69 bits per heavy atom. The molecule has 0 radical (unpaired) electrons. The second-order valence-electron chi connectivity index (χ2n) is 9.08. The first kappa shape index (κ1) is 20.6. The fraction of sp³-hybridized carbons (Fsp3) is 0.346. The van der Waals surface area contributed by atoms with Gasteiger partial charge in [0.25, 0.3) is 0 Å². The Morgan fingerprint density at radius 1 is 1.16 bits per heavy atom. The third-order valence-electron chi connectivity index (χ3n) is 7.13. The Hall–Kier alpha value is -3.28. The molecule has 1 aliphatic rings. The van der Waals surface area contributed by atoms with E-state index in [0.29, 0.717) is 11.8 Å². The van der Waals surface area contributed by atoms with Crippen molar-refractivity contribution < 1.29 is 14.3 Å². The van der Waals surface area contributed by atoms with Crippen LogP contribution in [0, 0.1) is 18.7 Å². The maximum Gasteiger partial charge on any atom is 0.335 e. The standard InChI is InChI=1S/C26H26FN3O2/c1-14-11-18(26(31)32)12-23-24(14)30-25(29-23)15(2)16-3-5-17(6-4-16)20-9-10-28-22-8-7-19(27)13-21(20)22/h7-13,15-17H,3-6H2,1-2H3,(H,29,30)(H,31,32). The summed E-state index contributed by atoms with van der Waals surface area (Å²) >= 11 is 0. The summed E-state index contributed by atoms with van der Waals surface area (Å²) in [6.07, 6.45) is 6.06. The number of hydrogen-bond acceptors (Lipinski definition) is 3. The summed E-state index contributed by atoms with van der Waals surface area (Å²) in [5, 5.41) is 10.3. The highest BCUT2D eigenvalue weighted by atomic mass is 19.1. The van der Waals surface area contributed by atoms with Crippen LogP contribution in [0.15, 0.2) is 42.6 Å². The third kappa shape index (κ3) is 3.64. The molecule has 0 saturated heterocycles. The van der Waals surface area contributed by atoms with Crippen molar-refractivity contribution in [3.8, 4) is 0 Å². The van der Waals surface area contributed by atoms with E-state index in [1.807, 2.05) is 19.2 Å². The van der Waals surface area contributed by atoms with E-state index in [0.717, 1.165) is 59.0 Å². The molecule has 6 heteroatoms. The van der Waals surface area contributed by atoms with Crippen LogP contribution in [0.1, 0.15) is 71.8 Å². The number of aromatic carboxylic acids is 1. The van der Waals surface area contributed by atoms with Gasteiger partial charge in [-0.1, -0.05) is 6.92 Å². The number of hydrogen-bond donors (Lipinski definition) is 2. The lowest BCUT2D eigenvalue weighted by Gasteiger charge is -2.32. The number of aryl methyl sites for hydroxylation is 1. The van der Waals surface area contributed by atoms with Crippen LogP contribution in [0.2, 0.25) is 0 Å². The predicted octanol–water partition coefficient (Wildman–Crippen LogP) is 6.33. The van der Waals surface area contributed by atoms with E-state index in [1.54, 1.807) is 24.3 Å². The predicted molar refractivity (Wildman–Crippen MR) is 123 cm³/mol. The van der Waals surface area contributed by atoms with Crippen LogP contribution in [0.5, 0.6) is 0 Å². The lowest BCUT2D eigenvalue weighted by molar-refractivity contribution is 0.0697. The molecule has 1 aliphatic carbocycles. The van der Waals surface area contributed by atoms with Crippen molar-refractivity contribution in [3.63, 3.8) is 0 Å². The number of aromatic amines is 1. The number of carboxylic acid groups (broad SMARTS) is 1. The number of rotatable bonds is 4. The SMILES string of the molecule is Cc1cc(C(=O)O)cc2[nH]c(C(C)C3CCC(c4ccnc5ccc(F)cc45)CC3)nc12. The van der Waals surface area contributed by atoms with Crippen molar-refractivity contribution in [1.82, 2.24) is 15.0 Å². The minimum Gasteiger partial charge on any atom is -0.478 e. The van der Waals surface area contributed by atoms with E-state index in [4.69, 9.17) is 4.98 Å². The summed E-state index contributed by atoms with van der Waals surface area (Å²) in [5.74, 6) is 0.923. The van der Waals surface area contributed by atoms with Gasteiger partial charge in [-0.2, -0.15) is 0 Å². The first-order valence-corrected chi connectivity index (χ1v) is 11.2. The highest BCUT2D eigenvalue weighted by Gasteiger charge is 2.29. The number of benzene rings is 2. The highest BCUT2D eigenvalue weighted by Crippen LogP contribution is 2.43. The molecule has 1 atom stereocenters. The van der Waals surface area contributed by atoms with Gasteiger partial charge in [0.15, 0.2) is 0 Å². The van der Waals surface area contributed by atoms with Gasteiger partial charge in [0.1, 0.15) is 11.6 Å². The fourth-order valence-corrected chi connectivity index (χ4v) is 5.30. The molecule has 2 heterocycles. The summed E-state index contributed by atoms with van der Waals surface area (Å²) < 4.78 is 13.9. The van der Waals surface area contributed by atoms with Crippen molar-refractivity contribution >= 4 is 27.9 Å². The second-order valence-corrected chi connectivity index (χ2v) is 9.08. The molecule has 32 heavy (non-hydrogen) atoms. The number of carboxylic acids is 1. The highest BCUT2D eigenvalue weighted by molar-refractivity contribution is 5.93. The zero-order chi connectivity index (χ0) is 22.4. The number of pyridine rings is 1. The van der Waals surface area contributed by atoms with Gasteiger partial charge in [0, 0.05) is 17.5 Å². The van der Waals surface area contributed by atoms with Crippen LogP contribution >= 0.6 is 0 Å². The Bertz CT molecular complexity index is 1320. The molecule has 2 aromatic heterocycles. The molecule has 0 bridgehead atoms. The lowest BCUT2D eigenvalue weighted by atomic mass is 9.73. The zero-order valence-corrected chi connectivity index (χ0v) is 18.2. The maximum atomic E-state index is 13.9. The van der Waals surface area contributed by atoms with Gasteiger partial charge in [-0.05, 0) is 92.0 Å². The van der Waals surface area contributed by atoms with E-state index in [9.17, 15) is 14.3 Å². The molecule has 164 valence electrons. The molecule has 1 fully saturated rings. The monoisotopic (exact) mass is 431 g/mol. The topological polar surface area (TPSA) is 78.9 Å². The average Bonchev–Trinajstić information content (AvgIpc) is 3.23. The molecule has 1 saturated carbocycles. The van der Waals surface area contributed by atoms with E-state index in [2.05, 4.69) is 16.9 Å². The quantitative estimate of drug-likeness (QED) is 0.395. The van der Waals surface area contributed by atoms with Crippen molar-refractivity contribution in [1.29, 1.82) is 0 Å². The number of nitrogens with zero attached hydrogens (tertiary/aromatic N) is 2. The number of carbonyl (C=O) groups is 1. The summed E-state index contributed by atoms with van der Waals surface area (Å²) in [7, 11) is 0. The summed E-state index contributed by atoms with van der Waals surface area (Å²) in [6, 6.07) is 10.2. The number of fused-ring (bicyclic) bond motifs is 2. The molecule has 1 unspecified atom stereocenters. The molecule has 4 aromatic rings. The first-order chi connectivity index (χ1) is 15.4. The Balaban J connectivity index is 1.35. The Morgan fingerprint density at radius 2 is 1.94 bits per heavy atom. The van der Waals surface area contributed by atoms with Crippen LogP contribution in [0.25, 0.3) is 21.9 Å². The maximum absolute atomic E-state index is 13.9. The molecule has 0 aliphatic heterocycles. The molecular weight excluding hydrogens is 405 g/mol. The molecular formula is C26H26FN3O2. The van der Waals surface area contributed by atoms with E-state index >= 15 is 0 Å². The van der Waals surface area contributed by atoms with Crippen molar-refractivity contribution in [2.24, 2.45) is 5.92 Å². The fourth-order valence-electron chi connectivity index (χ4n) is 5.30. The van der Waals surface area contributed by atoms with Crippen LogP contribution in [0.4, 0.5) is 4.39 Å². The number of imidazole rings is 1. The number of halogens is 1. The second kappa shape index (κ2) is 8.01. The summed E-state index contributed by atoms with van der Waals surface area (Å²) in [6.45, 7) is 4.10. The summed E-state index contributed by atoms with van der Waals surface area (Å²) in [4.78, 5) is 24.0. The van der Waals surface area contributed by atoms with E-state index in [1.165, 1.54) is 11.6 Å². The molecule has 0 spiro atoms. The van der Waals surface area contributed by atoms with Gasteiger partial charge in [-0.15, -0.1) is 0 Å². The van der Waals surface area contributed by atoms with Crippen molar-refractivity contribution in [3.05, 3.63) is 70.9 Å². The van der Waals surface area contributed by atoms with Crippen molar-refractivity contribution in [2.75, 3.05) is 0 Å². The van der Waals surface area contributed by atoms with Crippen molar-refractivity contribution in [2.45, 2.75) is 51.4 Å².